The number of ether oxygens (including phenoxy) is 1. The molecule has 0 amide bonds. The van der Waals surface area contributed by atoms with E-state index < -0.39 is 0 Å². The molecule has 6 nitrogen and oxygen atoms in total. The monoisotopic (exact) mass is 277 g/mol. The highest BCUT2D eigenvalue weighted by Gasteiger charge is 2.14. The first-order valence-corrected chi connectivity index (χ1v) is 6.46. The van der Waals surface area contributed by atoms with Gasteiger partial charge in [0.25, 0.3) is 0 Å². The summed E-state index contributed by atoms with van der Waals surface area (Å²) in [6, 6.07) is 1.72. The summed E-state index contributed by atoms with van der Waals surface area (Å²) in [5.74, 6) is 1.97. The van der Waals surface area contributed by atoms with Gasteiger partial charge in [-0.05, 0) is 13.0 Å². The fourth-order valence-electron chi connectivity index (χ4n) is 1.99. The number of furan rings is 1. The van der Waals surface area contributed by atoms with E-state index in [9.17, 15) is 4.79 Å². The zero-order valence-electron chi connectivity index (χ0n) is 12.0. The van der Waals surface area contributed by atoms with Crippen LogP contribution in [0.15, 0.2) is 22.9 Å². The summed E-state index contributed by atoms with van der Waals surface area (Å²) < 4.78 is 12.2. The van der Waals surface area contributed by atoms with Crippen molar-refractivity contribution in [2.24, 2.45) is 7.05 Å². The number of carbonyl (C=O) groups is 1. The molecular weight excluding hydrogens is 258 g/mol. The van der Waals surface area contributed by atoms with Gasteiger partial charge in [-0.3, -0.25) is 0 Å². The second kappa shape index (κ2) is 6.38. The summed E-state index contributed by atoms with van der Waals surface area (Å²) in [4.78, 5) is 15.7. The SMILES string of the molecule is COC(=O)c1cc(CNCCc2nccn2C)oc1C. The number of nitrogens with zero attached hydrogens (tertiary/aromatic N) is 2. The molecule has 0 aliphatic heterocycles. The molecule has 0 saturated heterocycles. The molecule has 0 aromatic carbocycles. The number of nitrogens with one attached hydrogen (secondary N) is 1. The maximum atomic E-state index is 11.5. The third kappa shape index (κ3) is 3.27. The fourth-order valence-corrected chi connectivity index (χ4v) is 1.99. The molecule has 6 heteroatoms. The van der Waals surface area contributed by atoms with Crippen molar-refractivity contribution in [2.45, 2.75) is 19.9 Å². The number of carbonyl (C=O) groups excluding carboxylic acids is 1. The molecule has 0 fully saturated rings. The highest BCUT2D eigenvalue weighted by atomic mass is 16.5. The second-order valence-electron chi connectivity index (χ2n) is 4.56. The normalized spacial score (nSPS) is 10.8. The lowest BCUT2D eigenvalue weighted by Crippen LogP contribution is -2.17. The van der Waals surface area contributed by atoms with Gasteiger partial charge in [0.15, 0.2) is 0 Å². The van der Waals surface area contributed by atoms with E-state index in [-0.39, 0.29) is 5.97 Å². The summed E-state index contributed by atoms with van der Waals surface area (Å²) in [5, 5.41) is 3.27. The first-order chi connectivity index (χ1) is 9.61. The summed E-state index contributed by atoms with van der Waals surface area (Å²) >= 11 is 0. The molecule has 0 aliphatic carbocycles. The number of hydrogen-bond donors (Lipinski definition) is 1. The van der Waals surface area contributed by atoms with E-state index in [2.05, 4.69) is 15.0 Å². The van der Waals surface area contributed by atoms with E-state index in [1.807, 2.05) is 17.8 Å². The number of esters is 1. The first-order valence-electron chi connectivity index (χ1n) is 6.46. The molecule has 1 N–H and O–H groups in total. The molecule has 0 unspecified atom stereocenters. The Balaban J connectivity index is 1.83. The molecule has 2 rings (SSSR count). The van der Waals surface area contributed by atoms with Gasteiger partial charge in [-0.2, -0.15) is 0 Å². The van der Waals surface area contributed by atoms with Crippen LogP contribution < -0.4 is 5.32 Å². The van der Waals surface area contributed by atoms with Crippen LogP contribution in [0.5, 0.6) is 0 Å². The predicted molar refractivity (Wildman–Crippen MR) is 73.4 cm³/mol. The van der Waals surface area contributed by atoms with Crippen LogP contribution in [-0.2, 0) is 24.8 Å². The number of aromatic nitrogens is 2. The van der Waals surface area contributed by atoms with E-state index in [1.165, 1.54) is 7.11 Å². The van der Waals surface area contributed by atoms with Crippen molar-refractivity contribution in [3.63, 3.8) is 0 Å². The Morgan fingerprint density at radius 3 is 3.00 bits per heavy atom. The highest BCUT2D eigenvalue weighted by molar-refractivity contribution is 5.90. The summed E-state index contributed by atoms with van der Waals surface area (Å²) in [5.41, 5.74) is 0.480. The van der Waals surface area contributed by atoms with E-state index in [0.29, 0.717) is 17.9 Å². The molecule has 0 spiro atoms. The van der Waals surface area contributed by atoms with Crippen LogP contribution in [0.2, 0.25) is 0 Å². The fraction of sp³-hybridized carbons (Fsp3) is 0.429. The third-order valence-electron chi connectivity index (χ3n) is 3.12. The summed E-state index contributed by atoms with van der Waals surface area (Å²) in [7, 11) is 3.33. The second-order valence-corrected chi connectivity index (χ2v) is 4.56. The van der Waals surface area contributed by atoms with Crippen molar-refractivity contribution in [1.29, 1.82) is 0 Å². The van der Waals surface area contributed by atoms with Crippen molar-refractivity contribution in [1.82, 2.24) is 14.9 Å². The minimum absolute atomic E-state index is 0.370. The lowest BCUT2D eigenvalue weighted by atomic mass is 10.2. The standard InChI is InChI=1S/C14H19N3O3/c1-10-12(14(18)19-3)8-11(20-10)9-15-5-4-13-16-6-7-17(13)2/h6-8,15H,4-5,9H2,1-3H3. The van der Waals surface area contributed by atoms with Crippen molar-refractivity contribution < 1.29 is 13.9 Å². The van der Waals surface area contributed by atoms with Crippen LogP contribution in [0.3, 0.4) is 0 Å². The van der Waals surface area contributed by atoms with Gasteiger partial charge in [-0.15, -0.1) is 0 Å². The smallest absolute Gasteiger partial charge is 0.341 e. The van der Waals surface area contributed by atoms with E-state index in [4.69, 9.17) is 4.42 Å². The minimum Gasteiger partial charge on any atom is -0.465 e. The van der Waals surface area contributed by atoms with Gasteiger partial charge in [0.1, 0.15) is 22.9 Å². The minimum atomic E-state index is -0.370. The average Bonchev–Trinajstić information content (AvgIpc) is 3.00. The van der Waals surface area contributed by atoms with Crippen molar-refractivity contribution >= 4 is 5.97 Å². The zero-order valence-corrected chi connectivity index (χ0v) is 12.0. The Morgan fingerprint density at radius 1 is 1.55 bits per heavy atom. The zero-order chi connectivity index (χ0) is 14.5. The van der Waals surface area contributed by atoms with Crippen molar-refractivity contribution in [2.75, 3.05) is 13.7 Å². The van der Waals surface area contributed by atoms with Gasteiger partial charge in [0.2, 0.25) is 0 Å². The lowest BCUT2D eigenvalue weighted by Gasteiger charge is -2.03. The molecule has 108 valence electrons. The molecule has 20 heavy (non-hydrogen) atoms. The van der Waals surface area contributed by atoms with Crippen LogP contribution in [0.25, 0.3) is 0 Å². The molecule has 0 atom stereocenters. The predicted octanol–water partition coefficient (Wildman–Crippen LogP) is 1.44. The van der Waals surface area contributed by atoms with Gasteiger partial charge in [-0.1, -0.05) is 0 Å². The molecule has 0 saturated carbocycles. The summed E-state index contributed by atoms with van der Waals surface area (Å²) in [6.07, 6.45) is 4.55. The Kier molecular flexibility index (Phi) is 4.57. The number of rotatable bonds is 6. The van der Waals surface area contributed by atoms with Crippen molar-refractivity contribution in [3.05, 3.63) is 41.4 Å². The number of imidazole rings is 1. The van der Waals surface area contributed by atoms with Crippen LogP contribution in [0.4, 0.5) is 0 Å². The van der Waals surface area contributed by atoms with E-state index in [0.717, 1.165) is 24.6 Å². The maximum Gasteiger partial charge on any atom is 0.341 e. The van der Waals surface area contributed by atoms with Crippen LogP contribution in [0.1, 0.15) is 27.7 Å². The molecule has 2 aromatic heterocycles. The number of aryl methyl sites for hydroxylation is 2. The largest absolute Gasteiger partial charge is 0.465 e. The molecule has 2 heterocycles. The highest BCUT2D eigenvalue weighted by Crippen LogP contribution is 2.15. The number of hydrogen-bond acceptors (Lipinski definition) is 5. The van der Waals surface area contributed by atoms with Crippen LogP contribution in [-0.4, -0.2) is 29.2 Å². The van der Waals surface area contributed by atoms with Crippen LogP contribution in [0, 0.1) is 6.92 Å². The van der Waals surface area contributed by atoms with Gasteiger partial charge in [0.05, 0.1) is 13.7 Å². The van der Waals surface area contributed by atoms with Gasteiger partial charge >= 0.3 is 5.97 Å². The Hall–Kier alpha value is -2.08. The molecular formula is C14H19N3O3. The third-order valence-corrected chi connectivity index (χ3v) is 3.12. The molecule has 0 radical (unpaired) electrons. The molecule has 2 aromatic rings. The Bertz CT molecular complexity index is 586. The van der Waals surface area contributed by atoms with E-state index >= 15 is 0 Å². The molecule has 0 aliphatic rings. The topological polar surface area (TPSA) is 69.3 Å². The lowest BCUT2D eigenvalue weighted by molar-refractivity contribution is 0.0599. The van der Waals surface area contributed by atoms with Gasteiger partial charge < -0.3 is 19.0 Å². The van der Waals surface area contributed by atoms with Gasteiger partial charge in [0, 0.05) is 32.4 Å². The van der Waals surface area contributed by atoms with E-state index in [1.54, 1.807) is 19.2 Å². The maximum absolute atomic E-state index is 11.5. The Morgan fingerprint density at radius 2 is 2.35 bits per heavy atom. The molecule has 0 bridgehead atoms. The van der Waals surface area contributed by atoms with Crippen molar-refractivity contribution in [3.8, 4) is 0 Å². The average molecular weight is 277 g/mol. The summed E-state index contributed by atoms with van der Waals surface area (Å²) in [6.45, 7) is 3.12. The van der Waals surface area contributed by atoms with Crippen LogP contribution >= 0.6 is 0 Å². The van der Waals surface area contributed by atoms with Gasteiger partial charge in [-0.25, -0.2) is 9.78 Å². The number of methoxy groups -OCH3 is 1. The Labute approximate surface area is 117 Å². The quantitative estimate of drug-likeness (QED) is 0.639. The first kappa shape index (κ1) is 14.3.